The number of para-hydroxylation sites is 2. The number of anilines is 2. The van der Waals surface area contributed by atoms with Gasteiger partial charge in [0.25, 0.3) is 0 Å². The summed E-state index contributed by atoms with van der Waals surface area (Å²) in [5.41, 5.74) is 1.97. The molecule has 138 valence electrons. The first-order valence-electron chi connectivity index (χ1n) is 8.51. The third-order valence-corrected chi connectivity index (χ3v) is 3.57. The molecule has 1 atom stereocenters. The quantitative estimate of drug-likeness (QED) is 0.726. The van der Waals surface area contributed by atoms with Gasteiger partial charge in [0, 0.05) is 11.4 Å². The molecule has 26 heavy (non-hydrogen) atoms. The number of carbonyl (C=O) groups is 1. The molecule has 0 spiro atoms. The van der Waals surface area contributed by atoms with Crippen LogP contribution in [0.1, 0.15) is 27.7 Å². The fourth-order valence-corrected chi connectivity index (χ4v) is 2.63. The lowest BCUT2D eigenvalue weighted by molar-refractivity contribution is -0.191. The van der Waals surface area contributed by atoms with Crippen LogP contribution in [0.3, 0.4) is 0 Å². The molecule has 0 aromatic heterocycles. The highest BCUT2D eigenvalue weighted by Crippen LogP contribution is 2.31. The number of carbonyl (C=O) groups excluding carboxylic acids is 3. The lowest BCUT2D eigenvalue weighted by Crippen LogP contribution is -2.44. The van der Waals surface area contributed by atoms with Gasteiger partial charge in [0.2, 0.25) is 0 Å². The van der Waals surface area contributed by atoms with E-state index in [0.29, 0.717) is 0 Å². The summed E-state index contributed by atoms with van der Waals surface area (Å²) >= 11 is 0. The molecule has 0 N–H and O–H groups in total. The zero-order chi connectivity index (χ0) is 19.5. The van der Waals surface area contributed by atoms with Crippen molar-refractivity contribution in [1.29, 1.82) is 0 Å². The molecule has 5 nitrogen and oxygen atoms in total. The van der Waals surface area contributed by atoms with Crippen LogP contribution in [-0.4, -0.2) is 24.3 Å². The van der Waals surface area contributed by atoms with Crippen molar-refractivity contribution in [3.63, 3.8) is 0 Å². The minimum absolute atomic E-state index is 0.113. The highest BCUT2D eigenvalue weighted by atomic mass is 16.5. The molecule has 0 radical (unpaired) electrons. The van der Waals surface area contributed by atoms with Crippen molar-refractivity contribution in [3.05, 3.63) is 60.7 Å². The third-order valence-electron chi connectivity index (χ3n) is 3.57. The Morgan fingerprint density at radius 3 is 1.54 bits per heavy atom. The van der Waals surface area contributed by atoms with Crippen LogP contribution in [0.4, 0.5) is 11.4 Å². The maximum atomic E-state index is 12.7. The van der Waals surface area contributed by atoms with Gasteiger partial charge in [-0.3, -0.25) is 0 Å². The lowest BCUT2D eigenvalue weighted by atomic mass is 10.0. The zero-order valence-corrected chi connectivity index (χ0v) is 15.6. The smallest absolute Gasteiger partial charge is 0.373 e. The molecule has 0 aliphatic carbocycles. The Morgan fingerprint density at radius 2 is 1.23 bits per heavy atom. The summed E-state index contributed by atoms with van der Waals surface area (Å²) in [4.78, 5) is 31.0. The molecule has 0 aliphatic rings. The van der Waals surface area contributed by atoms with Gasteiger partial charge in [-0.2, -0.15) is 9.59 Å². The fraction of sp³-hybridized carbons (Fsp3) is 0.333. The van der Waals surface area contributed by atoms with E-state index < -0.39 is 0 Å². The summed E-state index contributed by atoms with van der Waals surface area (Å²) < 4.78 is 5.52. The van der Waals surface area contributed by atoms with Crippen molar-refractivity contribution in [2.24, 2.45) is 5.92 Å². The number of nitrogens with zero attached hydrogens (tertiary/aromatic N) is 1. The second kappa shape index (κ2) is 10.9. The van der Waals surface area contributed by atoms with Crippen LogP contribution in [0.15, 0.2) is 60.7 Å². The van der Waals surface area contributed by atoms with Crippen molar-refractivity contribution in [2.75, 3.05) is 4.90 Å². The molecule has 2 aromatic rings. The summed E-state index contributed by atoms with van der Waals surface area (Å²) in [6.07, 6.45) is 0.122. The van der Waals surface area contributed by atoms with Crippen LogP contribution in [0.5, 0.6) is 0 Å². The van der Waals surface area contributed by atoms with E-state index in [0.717, 1.165) is 11.4 Å². The van der Waals surface area contributed by atoms with Gasteiger partial charge in [-0.05, 0) is 44.0 Å². The predicted molar refractivity (Wildman–Crippen MR) is 99.9 cm³/mol. The first-order chi connectivity index (χ1) is 12.4. The molecule has 0 aliphatic heterocycles. The van der Waals surface area contributed by atoms with Gasteiger partial charge >= 0.3 is 12.1 Å². The molecule has 1 unspecified atom stereocenters. The fourth-order valence-electron chi connectivity index (χ4n) is 2.63. The third kappa shape index (κ3) is 6.19. The molecule has 0 heterocycles. The average Bonchev–Trinajstić information content (AvgIpc) is 2.60. The number of ether oxygens (including phenoxy) is 1. The van der Waals surface area contributed by atoms with Crippen LogP contribution in [0, 0.1) is 5.92 Å². The SMILES string of the molecule is CC(C)OC(=O)C(C(C)C)N(c1ccccc1)c1ccccc1.O=C=O. The number of esters is 1. The van der Waals surface area contributed by atoms with Crippen LogP contribution in [-0.2, 0) is 19.1 Å². The van der Waals surface area contributed by atoms with Crippen LogP contribution in [0.2, 0.25) is 0 Å². The summed E-state index contributed by atoms with van der Waals surface area (Å²) in [5.74, 6) is -0.0793. The monoisotopic (exact) mass is 355 g/mol. The molecule has 0 amide bonds. The Kier molecular flexibility index (Phi) is 8.82. The van der Waals surface area contributed by atoms with Crippen molar-refractivity contribution in [2.45, 2.75) is 39.8 Å². The van der Waals surface area contributed by atoms with E-state index >= 15 is 0 Å². The van der Waals surface area contributed by atoms with Gasteiger partial charge in [-0.1, -0.05) is 50.2 Å². The Labute approximate surface area is 154 Å². The van der Waals surface area contributed by atoms with Gasteiger partial charge in [-0.25, -0.2) is 4.79 Å². The number of hydrogen-bond donors (Lipinski definition) is 0. The van der Waals surface area contributed by atoms with Gasteiger partial charge in [-0.15, -0.1) is 0 Å². The summed E-state index contributed by atoms with van der Waals surface area (Å²) in [5, 5.41) is 0. The minimum atomic E-state index is -0.373. The first kappa shape index (κ1) is 21.1. The molecular weight excluding hydrogens is 330 g/mol. The van der Waals surface area contributed by atoms with E-state index in [1.807, 2.05) is 88.4 Å². The molecule has 5 heteroatoms. The predicted octanol–water partition coefficient (Wildman–Crippen LogP) is 4.22. The highest BCUT2D eigenvalue weighted by Gasteiger charge is 2.32. The normalized spacial score (nSPS) is 11.2. The van der Waals surface area contributed by atoms with E-state index in [1.54, 1.807) is 0 Å². The molecular formula is C21H25NO4. The molecule has 0 saturated heterocycles. The van der Waals surface area contributed by atoms with E-state index in [1.165, 1.54) is 0 Å². The van der Waals surface area contributed by atoms with Crippen molar-refractivity contribution < 1.29 is 19.1 Å². The maximum absolute atomic E-state index is 12.7. The molecule has 0 fully saturated rings. The number of hydrogen-bond acceptors (Lipinski definition) is 5. The highest BCUT2D eigenvalue weighted by molar-refractivity contribution is 5.84. The van der Waals surface area contributed by atoms with E-state index in [2.05, 4.69) is 4.90 Å². The summed E-state index contributed by atoms with van der Waals surface area (Å²) in [6, 6.07) is 19.6. The molecule has 2 rings (SSSR count). The Bertz CT molecular complexity index is 653. The van der Waals surface area contributed by atoms with Crippen LogP contribution < -0.4 is 4.90 Å². The number of benzene rings is 2. The number of rotatable bonds is 6. The van der Waals surface area contributed by atoms with Gasteiger partial charge in [0.15, 0.2) is 0 Å². The Balaban J connectivity index is 0.00000105. The molecule has 0 bridgehead atoms. The largest absolute Gasteiger partial charge is 0.461 e. The van der Waals surface area contributed by atoms with Crippen molar-refractivity contribution in [3.8, 4) is 0 Å². The van der Waals surface area contributed by atoms with Gasteiger partial charge in [0.1, 0.15) is 6.04 Å². The second-order valence-corrected chi connectivity index (χ2v) is 6.30. The molecule has 0 saturated carbocycles. The lowest BCUT2D eigenvalue weighted by Gasteiger charge is -2.35. The van der Waals surface area contributed by atoms with E-state index in [4.69, 9.17) is 14.3 Å². The standard InChI is InChI=1S/C20H25NO2.CO2/c1-15(2)19(20(22)23-16(3)4)21(17-11-7-5-8-12-17)18-13-9-6-10-14-18;2-1-3/h5-16,19H,1-4H3;. The Morgan fingerprint density at radius 1 is 0.846 bits per heavy atom. The van der Waals surface area contributed by atoms with Crippen LogP contribution >= 0.6 is 0 Å². The minimum Gasteiger partial charge on any atom is -0.461 e. The van der Waals surface area contributed by atoms with Gasteiger partial charge < -0.3 is 9.64 Å². The van der Waals surface area contributed by atoms with Crippen molar-refractivity contribution in [1.82, 2.24) is 0 Å². The molecule has 2 aromatic carbocycles. The van der Waals surface area contributed by atoms with Gasteiger partial charge in [0.05, 0.1) is 6.10 Å². The summed E-state index contributed by atoms with van der Waals surface area (Å²) in [6.45, 7) is 7.85. The van der Waals surface area contributed by atoms with E-state index in [-0.39, 0.29) is 30.2 Å². The average molecular weight is 355 g/mol. The maximum Gasteiger partial charge on any atom is 0.373 e. The topological polar surface area (TPSA) is 63.7 Å². The Hall–Kier alpha value is -2.91. The van der Waals surface area contributed by atoms with Crippen LogP contribution in [0.25, 0.3) is 0 Å². The second-order valence-electron chi connectivity index (χ2n) is 6.30. The first-order valence-corrected chi connectivity index (χ1v) is 8.51. The van der Waals surface area contributed by atoms with E-state index in [9.17, 15) is 4.79 Å². The van der Waals surface area contributed by atoms with Crippen molar-refractivity contribution >= 4 is 23.5 Å². The zero-order valence-electron chi connectivity index (χ0n) is 15.6. The summed E-state index contributed by atoms with van der Waals surface area (Å²) in [7, 11) is 0.